The van der Waals surface area contributed by atoms with Crippen LogP contribution in [0.3, 0.4) is 0 Å². The first kappa shape index (κ1) is 14.7. The van der Waals surface area contributed by atoms with Gasteiger partial charge in [0.05, 0.1) is 23.7 Å². The van der Waals surface area contributed by atoms with Gasteiger partial charge in [0, 0.05) is 4.88 Å². The molecule has 3 aromatic rings. The molecule has 114 valence electrons. The molecule has 2 aromatic heterocycles. The van der Waals surface area contributed by atoms with Gasteiger partial charge in [-0.25, -0.2) is 4.98 Å². The number of nitrogens with one attached hydrogen (secondary N) is 1. The van der Waals surface area contributed by atoms with E-state index < -0.39 is 0 Å². The molecule has 0 fully saturated rings. The number of nitrogens with zero attached hydrogens (tertiary/aromatic N) is 3. The highest BCUT2D eigenvalue weighted by molar-refractivity contribution is 7.09. The Kier molecular flexibility index (Phi) is 4.48. The zero-order chi connectivity index (χ0) is 15.4. The molecule has 2 heterocycles. The summed E-state index contributed by atoms with van der Waals surface area (Å²) in [5, 5.41) is 11.5. The molecule has 6 heteroatoms. The van der Waals surface area contributed by atoms with Crippen LogP contribution in [0.5, 0.6) is 0 Å². The quantitative estimate of drug-likeness (QED) is 0.745. The van der Waals surface area contributed by atoms with E-state index >= 15 is 0 Å². The molecule has 1 N–H and O–H groups in total. The Balaban J connectivity index is 1.71. The first-order chi connectivity index (χ1) is 10.8. The molecule has 0 aliphatic carbocycles. The predicted molar refractivity (Wildman–Crippen MR) is 87.1 cm³/mol. The van der Waals surface area contributed by atoms with Gasteiger partial charge in [-0.1, -0.05) is 42.4 Å². The fourth-order valence-corrected chi connectivity index (χ4v) is 3.05. The lowest BCUT2D eigenvalue weighted by molar-refractivity contribution is 0.473. The van der Waals surface area contributed by atoms with Crippen molar-refractivity contribution in [3.8, 4) is 0 Å². The third kappa shape index (κ3) is 3.17. The van der Waals surface area contributed by atoms with Gasteiger partial charge in [-0.15, -0.1) is 16.4 Å². The largest absolute Gasteiger partial charge is 0.407 e. The highest BCUT2D eigenvalue weighted by Gasteiger charge is 2.19. The second-order valence-corrected chi connectivity index (χ2v) is 5.97. The zero-order valence-corrected chi connectivity index (χ0v) is 13.4. The number of hydrogen-bond acceptors (Lipinski definition) is 6. The van der Waals surface area contributed by atoms with Crippen LogP contribution in [0.1, 0.15) is 41.3 Å². The minimum absolute atomic E-state index is 0.134. The number of thiazole rings is 1. The van der Waals surface area contributed by atoms with Gasteiger partial charge in [-0.05, 0) is 18.9 Å². The van der Waals surface area contributed by atoms with Gasteiger partial charge in [0.15, 0.2) is 0 Å². The van der Waals surface area contributed by atoms with Gasteiger partial charge in [0.25, 0.3) is 0 Å². The minimum Gasteiger partial charge on any atom is -0.407 e. The van der Waals surface area contributed by atoms with E-state index in [0.717, 1.165) is 12.1 Å². The second kappa shape index (κ2) is 6.70. The van der Waals surface area contributed by atoms with Gasteiger partial charge >= 0.3 is 6.01 Å². The molecule has 1 atom stereocenters. The molecule has 0 aliphatic rings. The summed E-state index contributed by atoms with van der Waals surface area (Å²) < 4.78 is 5.78. The Morgan fingerprint density at radius 3 is 2.73 bits per heavy atom. The molecule has 0 bridgehead atoms. The Morgan fingerprint density at radius 1 is 1.23 bits per heavy atom. The average molecular weight is 314 g/mol. The maximum absolute atomic E-state index is 5.78. The van der Waals surface area contributed by atoms with Gasteiger partial charge in [-0.2, -0.15) is 0 Å². The summed E-state index contributed by atoms with van der Waals surface area (Å²) in [7, 11) is 0. The van der Waals surface area contributed by atoms with E-state index in [1.807, 2.05) is 30.6 Å². The lowest BCUT2D eigenvalue weighted by atomic mass is 9.97. The molecule has 0 radical (unpaired) electrons. The van der Waals surface area contributed by atoms with Crippen LogP contribution in [0, 0.1) is 6.92 Å². The van der Waals surface area contributed by atoms with Crippen molar-refractivity contribution in [3.05, 3.63) is 57.9 Å². The molecule has 0 saturated carbocycles. The van der Waals surface area contributed by atoms with Crippen LogP contribution in [0.4, 0.5) is 6.01 Å². The molecule has 0 aliphatic heterocycles. The van der Waals surface area contributed by atoms with Crippen molar-refractivity contribution in [3.63, 3.8) is 0 Å². The van der Waals surface area contributed by atoms with Crippen molar-refractivity contribution in [1.82, 2.24) is 15.2 Å². The third-order valence-electron chi connectivity index (χ3n) is 3.59. The third-order valence-corrected chi connectivity index (χ3v) is 4.53. The summed E-state index contributed by atoms with van der Waals surface area (Å²) in [6.07, 6.45) is 0.916. The number of benzene rings is 1. The van der Waals surface area contributed by atoms with Crippen molar-refractivity contribution < 1.29 is 4.42 Å². The van der Waals surface area contributed by atoms with Crippen LogP contribution in [-0.4, -0.2) is 15.2 Å². The number of anilines is 1. The summed E-state index contributed by atoms with van der Waals surface area (Å²) in [6, 6.07) is 10.7. The van der Waals surface area contributed by atoms with Crippen molar-refractivity contribution >= 4 is 17.4 Å². The minimum atomic E-state index is 0.134. The molecular formula is C16H18N4OS. The van der Waals surface area contributed by atoms with Crippen molar-refractivity contribution in [2.75, 3.05) is 5.32 Å². The van der Waals surface area contributed by atoms with Gasteiger partial charge in [0.2, 0.25) is 5.89 Å². The smallest absolute Gasteiger partial charge is 0.315 e. The van der Waals surface area contributed by atoms with E-state index in [4.69, 9.17) is 4.42 Å². The van der Waals surface area contributed by atoms with E-state index in [2.05, 4.69) is 39.6 Å². The summed E-state index contributed by atoms with van der Waals surface area (Å²) in [4.78, 5) is 5.40. The fourth-order valence-electron chi connectivity index (χ4n) is 2.34. The van der Waals surface area contributed by atoms with E-state index in [9.17, 15) is 0 Å². The Morgan fingerprint density at radius 2 is 2.05 bits per heavy atom. The molecule has 0 saturated heterocycles. The predicted octanol–water partition coefficient (Wildman–Crippen LogP) is 3.99. The number of hydrogen-bond donors (Lipinski definition) is 1. The first-order valence-electron chi connectivity index (χ1n) is 7.29. The highest BCUT2D eigenvalue weighted by atomic mass is 32.1. The van der Waals surface area contributed by atoms with Gasteiger partial charge in [0.1, 0.15) is 0 Å². The van der Waals surface area contributed by atoms with Gasteiger partial charge in [-0.3, -0.25) is 0 Å². The number of aromatic nitrogens is 3. The summed E-state index contributed by atoms with van der Waals surface area (Å²) in [5.74, 6) is 0.784. The van der Waals surface area contributed by atoms with Crippen molar-refractivity contribution in [2.45, 2.75) is 32.7 Å². The van der Waals surface area contributed by atoms with E-state index in [-0.39, 0.29) is 5.92 Å². The van der Waals surface area contributed by atoms with E-state index in [1.54, 1.807) is 11.3 Å². The van der Waals surface area contributed by atoms with Crippen LogP contribution >= 0.6 is 11.3 Å². The molecule has 5 nitrogen and oxygen atoms in total. The van der Waals surface area contributed by atoms with Gasteiger partial charge < -0.3 is 9.73 Å². The van der Waals surface area contributed by atoms with Crippen LogP contribution in [0.25, 0.3) is 0 Å². The summed E-state index contributed by atoms with van der Waals surface area (Å²) in [5.41, 5.74) is 4.07. The number of rotatable bonds is 6. The topological polar surface area (TPSA) is 63.8 Å². The lowest BCUT2D eigenvalue weighted by Crippen LogP contribution is -2.00. The maximum atomic E-state index is 5.78. The van der Waals surface area contributed by atoms with E-state index in [1.165, 1.54) is 10.4 Å². The SMILES string of the molecule is CCC(c1ccccc1)c1nnc(NCc2scnc2C)o1. The standard InChI is InChI=1S/C16H18N4OS/c1-3-13(12-7-5-4-6-8-12)15-19-20-16(21-15)17-9-14-11(2)18-10-22-14/h4-8,10,13H,3,9H2,1-2H3,(H,17,20). The summed E-state index contributed by atoms with van der Waals surface area (Å²) >= 11 is 1.62. The van der Waals surface area contributed by atoms with E-state index in [0.29, 0.717) is 18.5 Å². The molecular weight excluding hydrogens is 296 g/mol. The molecule has 3 rings (SSSR count). The van der Waals surface area contributed by atoms with Crippen molar-refractivity contribution in [1.29, 1.82) is 0 Å². The highest BCUT2D eigenvalue weighted by Crippen LogP contribution is 2.27. The van der Waals surface area contributed by atoms with Crippen LogP contribution in [0.2, 0.25) is 0 Å². The van der Waals surface area contributed by atoms with Crippen LogP contribution < -0.4 is 5.32 Å². The number of aryl methyl sites for hydroxylation is 1. The summed E-state index contributed by atoms with van der Waals surface area (Å²) in [6.45, 7) is 4.77. The molecule has 0 amide bonds. The lowest BCUT2D eigenvalue weighted by Gasteiger charge is -2.10. The monoisotopic (exact) mass is 314 g/mol. The molecule has 22 heavy (non-hydrogen) atoms. The molecule has 1 aromatic carbocycles. The van der Waals surface area contributed by atoms with Crippen LogP contribution in [0.15, 0.2) is 40.3 Å². The Labute approximate surface area is 133 Å². The van der Waals surface area contributed by atoms with Crippen LogP contribution in [-0.2, 0) is 6.54 Å². The Bertz CT molecular complexity index is 723. The maximum Gasteiger partial charge on any atom is 0.315 e. The molecule has 0 spiro atoms. The second-order valence-electron chi connectivity index (χ2n) is 5.03. The average Bonchev–Trinajstić information content (AvgIpc) is 3.16. The normalized spacial score (nSPS) is 12.3. The fraction of sp³-hybridized carbons (Fsp3) is 0.312. The van der Waals surface area contributed by atoms with Crippen molar-refractivity contribution in [2.24, 2.45) is 0 Å². The molecule has 1 unspecified atom stereocenters. The Hall–Kier alpha value is -2.21. The zero-order valence-electron chi connectivity index (χ0n) is 12.6. The first-order valence-corrected chi connectivity index (χ1v) is 8.17.